The van der Waals surface area contributed by atoms with Gasteiger partial charge in [0.05, 0.1) is 0 Å². The van der Waals surface area contributed by atoms with Gasteiger partial charge in [-0.25, -0.2) is 0 Å². The standard InChI is InChI=1S/C31H40/c1-5-24(3)27-19-21-28(22-20-27)25(4)17-18-31(30-15-11-8-12-16-30)23-26(6-2)29-13-9-7-10-14-29/h7-16,19-22,24-26,31H,5-6,17-18,23H2,1-4H3. The van der Waals surface area contributed by atoms with E-state index in [9.17, 15) is 0 Å². The van der Waals surface area contributed by atoms with E-state index in [1.54, 1.807) is 0 Å². The van der Waals surface area contributed by atoms with E-state index in [0.29, 0.717) is 23.7 Å². The maximum absolute atomic E-state index is 2.40. The molecule has 3 aromatic carbocycles. The predicted octanol–water partition coefficient (Wildman–Crippen LogP) is 9.45. The molecular formula is C31H40. The van der Waals surface area contributed by atoms with Crippen LogP contribution in [-0.4, -0.2) is 0 Å². The molecule has 4 atom stereocenters. The Morgan fingerprint density at radius 2 is 0.968 bits per heavy atom. The molecular weight excluding hydrogens is 372 g/mol. The van der Waals surface area contributed by atoms with Crippen LogP contribution in [0.15, 0.2) is 84.9 Å². The van der Waals surface area contributed by atoms with Gasteiger partial charge in [-0.05, 0) is 78.0 Å². The van der Waals surface area contributed by atoms with Crippen LogP contribution >= 0.6 is 0 Å². The number of hydrogen-bond acceptors (Lipinski definition) is 0. The molecule has 31 heavy (non-hydrogen) atoms. The van der Waals surface area contributed by atoms with Crippen molar-refractivity contribution in [3.8, 4) is 0 Å². The highest BCUT2D eigenvalue weighted by Crippen LogP contribution is 2.37. The van der Waals surface area contributed by atoms with E-state index in [1.807, 2.05) is 0 Å². The van der Waals surface area contributed by atoms with E-state index in [2.05, 4.69) is 113 Å². The summed E-state index contributed by atoms with van der Waals surface area (Å²) < 4.78 is 0. The van der Waals surface area contributed by atoms with Crippen LogP contribution in [0, 0.1) is 0 Å². The van der Waals surface area contributed by atoms with E-state index < -0.39 is 0 Å². The zero-order chi connectivity index (χ0) is 22.1. The molecule has 4 unspecified atom stereocenters. The molecule has 0 aliphatic rings. The van der Waals surface area contributed by atoms with E-state index >= 15 is 0 Å². The zero-order valence-corrected chi connectivity index (χ0v) is 19.9. The Bertz CT molecular complexity index is 863. The van der Waals surface area contributed by atoms with Gasteiger partial charge in [0.1, 0.15) is 0 Å². The minimum Gasteiger partial charge on any atom is -0.0648 e. The molecule has 0 fully saturated rings. The molecule has 0 aliphatic heterocycles. The summed E-state index contributed by atoms with van der Waals surface area (Å²) in [5, 5.41) is 0. The molecule has 0 saturated carbocycles. The Labute approximate surface area is 190 Å². The third-order valence-corrected chi connectivity index (χ3v) is 7.24. The monoisotopic (exact) mass is 412 g/mol. The van der Waals surface area contributed by atoms with E-state index in [0.717, 1.165) is 0 Å². The Balaban J connectivity index is 1.70. The fourth-order valence-electron chi connectivity index (χ4n) is 4.76. The Kier molecular flexibility index (Phi) is 8.95. The van der Waals surface area contributed by atoms with E-state index in [1.165, 1.54) is 54.4 Å². The number of hydrogen-bond donors (Lipinski definition) is 0. The van der Waals surface area contributed by atoms with Gasteiger partial charge >= 0.3 is 0 Å². The molecule has 0 bridgehead atoms. The number of rotatable bonds is 11. The van der Waals surface area contributed by atoms with Gasteiger partial charge < -0.3 is 0 Å². The van der Waals surface area contributed by atoms with Crippen LogP contribution in [0.4, 0.5) is 0 Å². The highest BCUT2D eigenvalue weighted by atomic mass is 14.2. The van der Waals surface area contributed by atoms with Crippen molar-refractivity contribution in [3.05, 3.63) is 107 Å². The van der Waals surface area contributed by atoms with Crippen molar-refractivity contribution in [1.29, 1.82) is 0 Å². The summed E-state index contributed by atoms with van der Waals surface area (Å²) in [7, 11) is 0. The van der Waals surface area contributed by atoms with E-state index in [-0.39, 0.29) is 0 Å². The SMILES string of the molecule is CCC(C)c1ccc(C(C)CCC(CC(CC)c2ccccc2)c2ccccc2)cc1. The van der Waals surface area contributed by atoms with Crippen molar-refractivity contribution in [2.24, 2.45) is 0 Å². The zero-order valence-electron chi connectivity index (χ0n) is 19.9. The minimum atomic E-state index is 0.592. The summed E-state index contributed by atoms with van der Waals surface area (Å²) in [6.07, 6.45) is 6.09. The summed E-state index contributed by atoms with van der Waals surface area (Å²) in [5.41, 5.74) is 5.93. The Hall–Kier alpha value is -2.34. The largest absolute Gasteiger partial charge is 0.0648 e. The predicted molar refractivity (Wildman–Crippen MR) is 136 cm³/mol. The molecule has 0 heteroatoms. The lowest BCUT2D eigenvalue weighted by molar-refractivity contribution is 0.467. The first-order valence-corrected chi connectivity index (χ1v) is 12.3. The molecule has 0 aromatic heterocycles. The number of benzene rings is 3. The van der Waals surface area contributed by atoms with Crippen LogP contribution in [0.2, 0.25) is 0 Å². The molecule has 0 heterocycles. The molecule has 3 aromatic rings. The second-order valence-corrected chi connectivity index (χ2v) is 9.31. The van der Waals surface area contributed by atoms with Crippen molar-refractivity contribution < 1.29 is 0 Å². The van der Waals surface area contributed by atoms with Gasteiger partial charge in [0, 0.05) is 0 Å². The summed E-state index contributed by atoms with van der Waals surface area (Å²) in [6.45, 7) is 9.32. The van der Waals surface area contributed by atoms with Gasteiger partial charge in [-0.1, -0.05) is 113 Å². The lowest BCUT2D eigenvalue weighted by Crippen LogP contribution is -2.08. The summed E-state index contributed by atoms with van der Waals surface area (Å²) in [6, 6.07) is 31.7. The maximum Gasteiger partial charge on any atom is -0.0156 e. The third kappa shape index (κ3) is 6.57. The smallest absolute Gasteiger partial charge is 0.0156 e. The molecule has 0 aliphatic carbocycles. The Morgan fingerprint density at radius 3 is 1.45 bits per heavy atom. The van der Waals surface area contributed by atoms with E-state index in [4.69, 9.17) is 0 Å². The van der Waals surface area contributed by atoms with Crippen LogP contribution in [-0.2, 0) is 0 Å². The Morgan fingerprint density at radius 1 is 0.484 bits per heavy atom. The van der Waals surface area contributed by atoms with Gasteiger partial charge in [0.15, 0.2) is 0 Å². The van der Waals surface area contributed by atoms with Crippen LogP contribution in [0.5, 0.6) is 0 Å². The molecule has 164 valence electrons. The fourth-order valence-corrected chi connectivity index (χ4v) is 4.76. The van der Waals surface area contributed by atoms with Crippen molar-refractivity contribution in [2.75, 3.05) is 0 Å². The normalized spacial score (nSPS) is 15.2. The quantitative estimate of drug-likeness (QED) is 0.294. The van der Waals surface area contributed by atoms with Gasteiger partial charge in [0.25, 0.3) is 0 Å². The average molecular weight is 413 g/mol. The van der Waals surface area contributed by atoms with Gasteiger partial charge in [-0.3, -0.25) is 0 Å². The lowest BCUT2D eigenvalue weighted by Gasteiger charge is -2.25. The van der Waals surface area contributed by atoms with Crippen molar-refractivity contribution >= 4 is 0 Å². The van der Waals surface area contributed by atoms with Gasteiger partial charge in [0.2, 0.25) is 0 Å². The second kappa shape index (κ2) is 11.9. The minimum absolute atomic E-state index is 0.592. The summed E-state index contributed by atoms with van der Waals surface area (Å²) >= 11 is 0. The first-order valence-electron chi connectivity index (χ1n) is 12.3. The molecule has 3 rings (SSSR count). The molecule has 0 saturated heterocycles. The summed E-state index contributed by atoms with van der Waals surface area (Å²) in [4.78, 5) is 0. The van der Waals surface area contributed by atoms with Crippen molar-refractivity contribution in [2.45, 2.75) is 83.5 Å². The van der Waals surface area contributed by atoms with Crippen molar-refractivity contribution in [1.82, 2.24) is 0 Å². The molecule has 0 nitrogen and oxygen atoms in total. The van der Waals surface area contributed by atoms with Crippen molar-refractivity contribution in [3.63, 3.8) is 0 Å². The highest BCUT2D eigenvalue weighted by Gasteiger charge is 2.20. The molecule has 0 N–H and O–H groups in total. The molecule has 0 amide bonds. The van der Waals surface area contributed by atoms with Crippen LogP contribution < -0.4 is 0 Å². The van der Waals surface area contributed by atoms with Gasteiger partial charge in [-0.15, -0.1) is 0 Å². The third-order valence-electron chi connectivity index (χ3n) is 7.24. The second-order valence-electron chi connectivity index (χ2n) is 9.31. The van der Waals surface area contributed by atoms with Crippen LogP contribution in [0.1, 0.15) is 106 Å². The lowest BCUT2D eigenvalue weighted by atomic mass is 9.80. The van der Waals surface area contributed by atoms with Crippen LogP contribution in [0.3, 0.4) is 0 Å². The first kappa shape index (κ1) is 23.3. The van der Waals surface area contributed by atoms with Crippen LogP contribution in [0.25, 0.3) is 0 Å². The maximum atomic E-state index is 2.40. The molecule has 0 radical (unpaired) electrons. The summed E-state index contributed by atoms with van der Waals surface area (Å²) in [5.74, 6) is 2.47. The fraction of sp³-hybridized carbons (Fsp3) is 0.419. The highest BCUT2D eigenvalue weighted by molar-refractivity contribution is 5.28. The first-order chi connectivity index (χ1) is 15.1. The molecule has 0 spiro atoms. The van der Waals surface area contributed by atoms with Gasteiger partial charge in [-0.2, -0.15) is 0 Å². The average Bonchev–Trinajstić information content (AvgIpc) is 2.84. The topological polar surface area (TPSA) is 0 Å².